The van der Waals surface area contributed by atoms with Gasteiger partial charge in [-0.25, -0.2) is 13.2 Å². The molecular formula is C11H17F6O2S2+. The van der Waals surface area contributed by atoms with Crippen molar-refractivity contribution in [2.45, 2.75) is 51.4 Å². The highest BCUT2D eigenvalue weighted by Crippen LogP contribution is 2.34. The Hall–Kier alpha value is -0.380. The van der Waals surface area contributed by atoms with Crippen molar-refractivity contribution in [3.8, 4) is 0 Å². The van der Waals surface area contributed by atoms with Gasteiger partial charge >= 0.3 is 11.3 Å². The topological polar surface area (TPSA) is 38.5 Å². The summed E-state index contributed by atoms with van der Waals surface area (Å²) in [5.74, 6) is -4.09. The number of hydrogen-bond acceptors (Lipinski definition) is 2. The van der Waals surface area contributed by atoms with E-state index in [-0.39, 0.29) is 16.0 Å². The summed E-state index contributed by atoms with van der Waals surface area (Å²) in [5, 5.41) is -0.240. The van der Waals surface area contributed by atoms with Gasteiger partial charge in [0.25, 0.3) is 5.92 Å². The molecule has 1 N–H and O–H groups in total. The number of rotatable bonds is 6. The second kappa shape index (κ2) is 10.4. The van der Waals surface area contributed by atoms with Crippen LogP contribution in [-0.2, 0) is 4.79 Å². The molecule has 0 spiro atoms. The van der Waals surface area contributed by atoms with Gasteiger partial charge in [0.15, 0.2) is 11.3 Å². The molecule has 0 aliphatic rings. The van der Waals surface area contributed by atoms with Crippen molar-refractivity contribution in [3.05, 3.63) is 0 Å². The predicted molar refractivity (Wildman–Crippen MR) is 74.5 cm³/mol. The van der Waals surface area contributed by atoms with Crippen LogP contribution >= 0.6 is 24.4 Å². The van der Waals surface area contributed by atoms with Gasteiger partial charge < -0.3 is 0 Å². The van der Waals surface area contributed by atoms with Gasteiger partial charge in [0, 0.05) is 25.5 Å². The van der Waals surface area contributed by atoms with Gasteiger partial charge in [-0.1, -0.05) is 0 Å². The number of hydrogen-bond donors (Lipinski definition) is 1. The van der Waals surface area contributed by atoms with Crippen molar-refractivity contribution in [1.29, 1.82) is 0 Å². The first-order chi connectivity index (χ1) is 9.28. The van der Waals surface area contributed by atoms with E-state index in [0.717, 1.165) is 11.8 Å². The molecule has 0 saturated heterocycles. The summed E-state index contributed by atoms with van der Waals surface area (Å²) in [6, 6.07) is 0. The summed E-state index contributed by atoms with van der Waals surface area (Å²) >= 11 is 4.10. The van der Waals surface area contributed by atoms with E-state index in [1.54, 1.807) is 0 Å². The molecule has 0 aromatic heterocycles. The lowest BCUT2D eigenvalue weighted by Gasteiger charge is -2.20. The van der Waals surface area contributed by atoms with Crippen molar-refractivity contribution in [1.82, 2.24) is 0 Å². The molecule has 0 aliphatic carbocycles. The Balaban J connectivity index is 0. The predicted octanol–water partition coefficient (Wildman–Crippen LogP) is 4.41. The van der Waals surface area contributed by atoms with Gasteiger partial charge in [-0.05, 0) is 18.2 Å². The van der Waals surface area contributed by atoms with Gasteiger partial charge in [-0.3, -0.25) is 9.59 Å². The first-order valence-electron chi connectivity index (χ1n) is 5.71. The first kappa shape index (κ1) is 22.9. The highest BCUT2D eigenvalue weighted by molar-refractivity contribution is 8.13. The van der Waals surface area contributed by atoms with Crippen molar-refractivity contribution < 1.29 is 35.9 Å². The average molecular weight is 359 g/mol. The minimum absolute atomic E-state index is 0.101. The highest BCUT2D eigenvalue weighted by atomic mass is 32.2. The van der Waals surface area contributed by atoms with Crippen LogP contribution in [0.3, 0.4) is 0 Å². The van der Waals surface area contributed by atoms with Gasteiger partial charge in [0.1, 0.15) is 0 Å². The zero-order valence-corrected chi connectivity index (χ0v) is 13.1. The third kappa shape index (κ3) is 17.6. The van der Waals surface area contributed by atoms with Crippen molar-refractivity contribution in [2.75, 3.05) is 5.75 Å². The SMILES string of the molecule is CC(=O)S.CC(=[OH+])SCCC(F)C(F)(F)CCC(F)(F)F. The Morgan fingerprint density at radius 3 is 1.95 bits per heavy atom. The maximum Gasteiger partial charge on any atom is 0.389 e. The van der Waals surface area contributed by atoms with E-state index < -0.39 is 37.5 Å². The molecule has 0 saturated carbocycles. The Bertz CT molecular complexity index is 329. The fourth-order valence-electron chi connectivity index (χ4n) is 0.986. The van der Waals surface area contributed by atoms with Crippen molar-refractivity contribution >= 4 is 34.6 Å². The minimum atomic E-state index is -4.71. The number of halogens is 6. The van der Waals surface area contributed by atoms with Crippen molar-refractivity contribution in [3.63, 3.8) is 0 Å². The molecule has 0 aromatic carbocycles. The molecule has 1 unspecified atom stereocenters. The van der Waals surface area contributed by atoms with Crippen LogP contribution in [0, 0.1) is 0 Å². The highest BCUT2D eigenvalue weighted by Gasteiger charge is 2.43. The largest absolute Gasteiger partial charge is 0.389 e. The lowest BCUT2D eigenvalue weighted by molar-refractivity contribution is -0.161. The molecule has 1 atom stereocenters. The molecule has 0 radical (unpaired) electrons. The number of thiol groups is 1. The summed E-state index contributed by atoms with van der Waals surface area (Å²) < 4.78 is 74.0. The van der Waals surface area contributed by atoms with Gasteiger partial charge in [0.2, 0.25) is 0 Å². The Labute approximate surface area is 128 Å². The molecule has 126 valence electrons. The van der Waals surface area contributed by atoms with Crippen LogP contribution in [0.2, 0.25) is 0 Å². The molecule has 0 aliphatic heterocycles. The molecule has 0 heterocycles. The third-order valence-electron chi connectivity index (χ3n) is 1.88. The number of carbonyl (C=O) groups excluding carboxylic acids is 2. The summed E-state index contributed by atoms with van der Waals surface area (Å²) in [5.41, 5.74) is 0. The van der Waals surface area contributed by atoms with Gasteiger partial charge in [0.05, 0.1) is 6.92 Å². The van der Waals surface area contributed by atoms with E-state index in [1.165, 1.54) is 13.8 Å². The molecule has 10 heteroatoms. The monoisotopic (exact) mass is 359 g/mol. The lowest BCUT2D eigenvalue weighted by atomic mass is 10.1. The standard InChI is InChI=1S/C9H12F6OS.C2H4OS/c1-6(16)17-5-2-7(10)8(11,12)3-4-9(13,14)15;1-2(3)4/h7H,2-5H2,1H3;1H3,(H,3,4)/p+1. The van der Waals surface area contributed by atoms with E-state index in [9.17, 15) is 31.1 Å². The first-order valence-corrected chi connectivity index (χ1v) is 7.14. The molecule has 0 aromatic rings. The van der Waals surface area contributed by atoms with E-state index in [4.69, 9.17) is 4.79 Å². The number of alkyl halides is 6. The second-order valence-electron chi connectivity index (χ2n) is 4.02. The fourth-order valence-corrected chi connectivity index (χ4v) is 1.61. The van der Waals surface area contributed by atoms with Gasteiger partial charge in [-0.2, -0.15) is 13.2 Å². The van der Waals surface area contributed by atoms with Gasteiger partial charge in [-0.15, -0.1) is 12.6 Å². The second-order valence-corrected chi connectivity index (χ2v) is 5.94. The molecule has 0 rings (SSSR count). The van der Waals surface area contributed by atoms with Crippen LogP contribution < -0.4 is 0 Å². The normalized spacial score (nSPS) is 13.2. The molecule has 0 amide bonds. The van der Waals surface area contributed by atoms with Crippen LogP contribution in [-0.4, -0.2) is 39.0 Å². The van der Waals surface area contributed by atoms with Crippen LogP contribution in [0.5, 0.6) is 0 Å². The molecule has 0 fully saturated rings. The maximum atomic E-state index is 13.0. The van der Waals surface area contributed by atoms with Crippen LogP contribution in [0.4, 0.5) is 26.3 Å². The maximum absolute atomic E-state index is 13.0. The quantitative estimate of drug-likeness (QED) is 0.433. The third-order valence-corrected chi connectivity index (χ3v) is 2.74. The molecule has 0 bridgehead atoms. The molecular weight excluding hydrogens is 342 g/mol. The molecule has 2 nitrogen and oxygen atoms in total. The van der Waals surface area contributed by atoms with E-state index >= 15 is 0 Å². The zero-order valence-electron chi connectivity index (χ0n) is 11.4. The van der Waals surface area contributed by atoms with Crippen LogP contribution in [0.1, 0.15) is 33.1 Å². The zero-order chi connectivity index (χ0) is 17.3. The van der Waals surface area contributed by atoms with E-state index in [2.05, 4.69) is 12.6 Å². The summed E-state index contributed by atoms with van der Waals surface area (Å²) in [6.07, 6.45) is -11.2. The Morgan fingerprint density at radius 2 is 1.62 bits per heavy atom. The average Bonchev–Trinajstić information content (AvgIpc) is 2.24. The van der Waals surface area contributed by atoms with E-state index in [0.29, 0.717) is 0 Å². The van der Waals surface area contributed by atoms with Crippen LogP contribution in [0.25, 0.3) is 0 Å². The molecule has 21 heavy (non-hydrogen) atoms. The summed E-state index contributed by atoms with van der Waals surface area (Å²) in [7, 11) is 0. The lowest BCUT2D eigenvalue weighted by Crippen LogP contribution is -2.32. The van der Waals surface area contributed by atoms with E-state index in [1.807, 2.05) is 0 Å². The Kier molecular flexibility index (Phi) is 11.3. The van der Waals surface area contributed by atoms with Crippen molar-refractivity contribution in [2.24, 2.45) is 0 Å². The number of thioether (sulfide) groups is 1. The Morgan fingerprint density at radius 1 is 1.19 bits per heavy atom. The summed E-state index contributed by atoms with van der Waals surface area (Å²) in [6.45, 7) is 2.70. The fraction of sp³-hybridized carbons (Fsp3) is 0.818. The smallest absolute Gasteiger partial charge is 0.288 e. The van der Waals surface area contributed by atoms with Crippen LogP contribution in [0.15, 0.2) is 0 Å². The number of carbonyl (C=O) groups is 1. The minimum Gasteiger partial charge on any atom is -0.288 e. The summed E-state index contributed by atoms with van der Waals surface area (Å²) in [4.78, 5) is 18.0.